The Morgan fingerprint density at radius 1 is 0.929 bits per heavy atom. The maximum atomic E-state index is 13.1. The molecular weight excluding hydrogens is 530 g/mol. The largest absolute Gasteiger partial charge is 0.383 e. The number of benzene rings is 1. The quantitative estimate of drug-likeness (QED) is 0.328. The Bertz CT molecular complexity index is 2130. The van der Waals surface area contributed by atoms with Crippen LogP contribution in [-0.2, 0) is 6.42 Å². The summed E-state index contributed by atoms with van der Waals surface area (Å²) in [6.07, 6.45) is 10.2. The summed E-state index contributed by atoms with van der Waals surface area (Å²) >= 11 is 0. The smallest absolute Gasteiger partial charge is 0.270 e. The van der Waals surface area contributed by atoms with Gasteiger partial charge in [0.15, 0.2) is 22.9 Å². The highest BCUT2D eigenvalue weighted by Gasteiger charge is 2.27. The fourth-order valence-electron chi connectivity index (χ4n) is 5.58. The van der Waals surface area contributed by atoms with Crippen molar-refractivity contribution in [2.45, 2.75) is 18.9 Å². The molecule has 1 atom stereocenters. The number of fused-ring (bicyclic) bond motifs is 3. The monoisotopic (exact) mass is 553 g/mol. The van der Waals surface area contributed by atoms with E-state index in [1.165, 1.54) is 0 Å². The molecule has 1 aliphatic rings. The van der Waals surface area contributed by atoms with Crippen molar-refractivity contribution < 1.29 is 4.79 Å². The van der Waals surface area contributed by atoms with Gasteiger partial charge in [-0.2, -0.15) is 10.2 Å². The first kappa shape index (κ1) is 23.9. The molecule has 12 heteroatoms. The maximum absolute atomic E-state index is 13.1. The van der Waals surface area contributed by atoms with Gasteiger partial charge in [-0.1, -0.05) is 6.07 Å². The highest BCUT2D eigenvalue weighted by atomic mass is 16.2. The number of carbonyl (C=O) groups excluding carboxylic acids is 1. The number of nitrogen functional groups attached to an aromatic ring is 1. The number of nitrogens with one attached hydrogen (secondary N) is 1. The first-order chi connectivity index (χ1) is 20.6. The van der Waals surface area contributed by atoms with Gasteiger partial charge in [-0.15, -0.1) is 0 Å². The van der Waals surface area contributed by atoms with E-state index in [0.29, 0.717) is 40.0 Å². The summed E-state index contributed by atoms with van der Waals surface area (Å²) in [4.78, 5) is 31.7. The van der Waals surface area contributed by atoms with E-state index in [1.54, 1.807) is 46.1 Å². The van der Waals surface area contributed by atoms with Gasteiger partial charge in [0.25, 0.3) is 5.91 Å². The Morgan fingerprint density at radius 3 is 2.76 bits per heavy atom. The van der Waals surface area contributed by atoms with Crippen molar-refractivity contribution in [1.82, 2.24) is 49.2 Å². The van der Waals surface area contributed by atoms with Crippen LogP contribution in [-0.4, -0.2) is 49.8 Å². The Kier molecular flexibility index (Phi) is 5.32. The number of nitrogens with zero attached hydrogens (tertiary/aromatic N) is 9. The summed E-state index contributed by atoms with van der Waals surface area (Å²) in [5.41, 5.74) is 12.5. The molecule has 3 N–H and O–H groups in total. The zero-order valence-electron chi connectivity index (χ0n) is 22.2. The Morgan fingerprint density at radius 2 is 1.88 bits per heavy atom. The molecule has 0 fully saturated rings. The summed E-state index contributed by atoms with van der Waals surface area (Å²) in [5, 5.41) is 11.6. The zero-order valence-corrected chi connectivity index (χ0v) is 22.2. The summed E-state index contributed by atoms with van der Waals surface area (Å²) in [5.74, 6) is 1.48. The first-order valence-corrected chi connectivity index (χ1v) is 13.5. The summed E-state index contributed by atoms with van der Waals surface area (Å²) in [6, 6.07) is 19.0. The number of imidazole rings is 1. The molecule has 1 aliphatic carbocycles. The molecule has 8 rings (SSSR count). The van der Waals surface area contributed by atoms with Gasteiger partial charge in [0.05, 0.1) is 17.8 Å². The third-order valence-electron chi connectivity index (χ3n) is 7.57. The van der Waals surface area contributed by atoms with Crippen molar-refractivity contribution in [1.29, 1.82) is 0 Å². The second-order valence-corrected chi connectivity index (χ2v) is 10.1. The van der Waals surface area contributed by atoms with Crippen molar-refractivity contribution in [2.75, 3.05) is 5.73 Å². The molecule has 1 aromatic carbocycles. The van der Waals surface area contributed by atoms with Gasteiger partial charge in [-0.05, 0) is 72.5 Å². The second kappa shape index (κ2) is 9.34. The van der Waals surface area contributed by atoms with E-state index < -0.39 is 0 Å². The number of anilines is 1. The average molecular weight is 554 g/mol. The lowest BCUT2D eigenvalue weighted by Gasteiger charge is -2.15. The van der Waals surface area contributed by atoms with Crippen LogP contribution in [0.2, 0.25) is 0 Å². The molecule has 0 saturated heterocycles. The van der Waals surface area contributed by atoms with Gasteiger partial charge in [0.1, 0.15) is 17.0 Å². The van der Waals surface area contributed by atoms with E-state index in [1.807, 2.05) is 47.2 Å². The van der Waals surface area contributed by atoms with E-state index in [4.69, 9.17) is 15.7 Å². The van der Waals surface area contributed by atoms with Gasteiger partial charge >= 0.3 is 0 Å². The highest BCUT2D eigenvalue weighted by Crippen LogP contribution is 2.36. The number of hydrogen-bond acceptors (Lipinski definition) is 8. The number of aryl methyl sites for hydroxylation is 1. The number of nitrogens with two attached hydrogens (primary N) is 1. The number of carbonyl (C=O) groups is 1. The van der Waals surface area contributed by atoms with Gasteiger partial charge in [0, 0.05) is 36.5 Å². The van der Waals surface area contributed by atoms with Crippen molar-refractivity contribution in [3.63, 3.8) is 0 Å². The van der Waals surface area contributed by atoms with Crippen molar-refractivity contribution in [3.8, 4) is 22.9 Å². The molecule has 42 heavy (non-hydrogen) atoms. The molecule has 6 heterocycles. The Labute approximate surface area is 238 Å². The summed E-state index contributed by atoms with van der Waals surface area (Å²) < 4.78 is 5.35. The summed E-state index contributed by atoms with van der Waals surface area (Å²) in [6.45, 7) is 0. The van der Waals surface area contributed by atoms with E-state index in [0.717, 1.165) is 35.2 Å². The van der Waals surface area contributed by atoms with Gasteiger partial charge in [-0.3, -0.25) is 9.36 Å². The SMILES string of the molecule is Nc1ncccc1-c1nc2ccc(-n3cccn3)nc2n1-c1ccc2c(c1)CC[C@@H]2NC(=O)c1ccn2nccc2n1. The minimum Gasteiger partial charge on any atom is -0.383 e. The molecule has 1 amide bonds. The maximum Gasteiger partial charge on any atom is 0.270 e. The Hall–Kier alpha value is -5.91. The number of pyridine rings is 2. The van der Waals surface area contributed by atoms with Crippen LogP contribution in [0.5, 0.6) is 0 Å². The fraction of sp³-hybridized carbons (Fsp3) is 0.100. The zero-order chi connectivity index (χ0) is 28.2. The molecule has 0 radical (unpaired) electrons. The van der Waals surface area contributed by atoms with Crippen LogP contribution in [0.15, 0.2) is 91.6 Å². The van der Waals surface area contributed by atoms with Crippen LogP contribution >= 0.6 is 0 Å². The predicted octanol–water partition coefficient (Wildman–Crippen LogP) is 3.71. The van der Waals surface area contributed by atoms with Crippen LogP contribution in [0.4, 0.5) is 5.82 Å². The number of aromatic nitrogens is 9. The molecule has 7 aromatic rings. The van der Waals surface area contributed by atoms with E-state index in [2.05, 4.69) is 37.6 Å². The van der Waals surface area contributed by atoms with Crippen LogP contribution in [0.1, 0.15) is 34.1 Å². The minimum absolute atomic E-state index is 0.123. The van der Waals surface area contributed by atoms with Gasteiger partial charge in [-0.25, -0.2) is 29.1 Å². The molecule has 0 aliphatic heterocycles. The molecule has 0 saturated carbocycles. The van der Waals surface area contributed by atoms with Crippen molar-refractivity contribution in [2.24, 2.45) is 0 Å². The average Bonchev–Trinajstić information content (AvgIpc) is 3.83. The van der Waals surface area contributed by atoms with Crippen LogP contribution < -0.4 is 11.1 Å². The fourth-order valence-corrected chi connectivity index (χ4v) is 5.58. The molecule has 0 spiro atoms. The lowest BCUT2D eigenvalue weighted by molar-refractivity contribution is 0.0932. The van der Waals surface area contributed by atoms with Crippen molar-refractivity contribution >= 4 is 28.5 Å². The third kappa shape index (κ3) is 3.88. The van der Waals surface area contributed by atoms with Crippen LogP contribution in [0.25, 0.3) is 39.7 Å². The van der Waals surface area contributed by atoms with Gasteiger partial charge < -0.3 is 11.1 Å². The van der Waals surface area contributed by atoms with Crippen molar-refractivity contribution in [3.05, 3.63) is 108 Å². The number of amides is 1. The third-order valence-corrected chi connectivity index (χ3v) is 7.57. The topological polar surface area (TPSA) is 147 Å². The minimum atomic E-state index is -0.217. The van der Waals surface area contributed by atoms with E-state index in [-0.39, 0.29) is 11.9 Å². The Balaban J connectivity index is 1.19. The molecule has 12 nitrogen and oxygen atoms in total. The first-order valence-electron chi connectivity index (χ1n) is 13.5. The molecule has 0 unspecified atom stereocenters. The standard InChI is InChI=1S/C30H23N11O/c31-27-21(3-1-12-32-27)28-36-23-8-9-25(39-15-2-13-33-39)38-29(23)41(28)19-5-6-20-18(17-19)4-7-22(20)37-30(42)24-11-16-40-26(35-24)10-14-34-40/h1-3,5-6,8-17,22H,4,7H2,(H2,31,32)(H,37,42)/t22-/m0/s1. The lowest BCUT2D eigenvalue weighted by Crippen LogP contribution is -2.28. The summed E-state index contributed by atoms with van der Waals surface area (Å²) in [7, 11) is 0. The number of hydrogen-bond donors (Lipinski definition) is 2. The lowest BCUT2D eigenvalue weighted by atomic mass is 10.1. The molecule has 0 bridgehead atoms. The molecule has 204 valence electrons. The molecule has 6 aromatic heterocycles. The predicted molar refractivity (Wildman–Crippen MR) is 155 cm³/mol. The second-order valence-electron chi connectivity index (χ2n) is 10.1. The molecular formula is C30H23N11O. The highest BCUT2D eigenvalue weighted by molar-refractivity contribution is 5.93. The van der Waals surface area contributed by atoms with Crippen LogP contribution in [0, 0.1) is 0 Å². The van der Waals surface area contributed by atoms with E-state index >= 15 is 0 Å². The normalized spacial score (nSPS) is 14.4. The van der Waals surface area contributed by atoms with Crippen LogP contribution in [0.3, 0.4) is 0 Å². The van der Waals surface area contributed by atoms with Gasteiger partial charge in [0.2, 0.25) is 0 Å². The van der Waals surface area contributed by atoms with E-state index in [9.17, 15) is 4.79 Å². The number of rotatable bonds is 5.